The van der Waals surface area contributed by atoms with Gasteiger partial charge in [0, 0.05) is 6.04 Å². The first-order chi connectivity index (χ1) is 8.43. The summed E-state index contributed by atoms with van der Waals surface area (Å²) in [7, 11) is 0. The van der Waals surface area contributed by atoms with E-state index < -0.39 is 5.97 Å². The van der Waals surface area contributed by atoms with Crippen LogP contribution in [-0.4, -0.2) is 28.0 Å². The van der Waals surface area contributed by atoms with Gasteiger partial charge in [-0.1, -0.05) is 6.92 Å². The van der Waals surface area contributed by atoms with E-state index in [0.29, 0.717) is 10.6 Å². The summed E-state index contributed by atoms with van der Waals surface area (Å²) in [5.41, 5.74) is 0.712. The maximum atomic E-state index is 11.9. The van der Waals surface area contributed by atoms with Gasteiger partial charge in [-0.15, -0.1) is 11.3 Å². The zero-order valence-corrected chi connectivity index (χ0v) is 11.6. The number of amides is 1. The van der Waals surface area contributed by atoms with Crippen LogP contribution in [0.4, 0.5) is 0 Å². The van der Waals surface area contributed by atoms with E-state index in [1.54, 1.807) is 13.8 Å². The summed E-state index contributed by atoms with van der Waals surface area (Å²) in [6.45, 7) is 5.53. The number of aromatic nitrogens is 1. The maximum Gasteiger partial charge on any atom is 0.305 e. The fourth-order valence-electron chi connectivity index (χ4n) is 1.59. The molecule has 0 aliphatic carbocycles. The predicted octanol–water partition coefficient (Wildman–Crippen LogP) is 2.00. The van der Waals surface area contributed by atoms with Crippen molar-refractivity contribution >= 4 is 23.2 Å². The Hall–Kier alpha value is -1.43. The monoisotopic (exact) mass is 270 g/mol. The van der Waals surface area contributed by atoms with Gasteiger partial charge in [0.05, 0.1) is 17.1 Å². The van der Waals surface area contributed by atoms with E-state index in [1.807, 2.05) is 0 Å². The van der Waals surface area contributed by atoms with Gasteiger partial charge in [-0.2, -0.15) is 0 Å². The quantitative estimate of drug-likeness (QED) is 0.828. The lowest BCUT2D eigenvalue weighted by atomic mass is 10.2. The Morgan fingerprint density at radius 2 is 2.17 bits per heavy atom. The lowest BCUT2D eigenvalue weighted by Crippen LogP contribution is -2.34. The number of aliphatic carboxylic acids is 1. The Bertz CT molecular complexity index is 443. The summed E-state index contributed by atoms with van der Waals surface area (Å²) in [6.07, 6.45) is 1.78. The summed E-state index contributed by atoms with van der Waals surface area (Å²) < 4.78 is 0. The minimum absolute atomic E-state index is 0.0780. The van der Waals surface area contributed by atoms with Crippen LogP contribution < -0.4 is 5.32 Å². The van der Waals surface area contributed by atoms with Gasteiger partial charge in [-0.3, -0.25) is 9.59 Å². The molecule has 1 rings (SSSR count). The molecule has 1 amide bonds. The van der Waals surface area contributed by atoms with Crippen molar-refractivity contribution < 1.29 is 14.7 Å². The van der Waals surface area contributed by atoms with Crippen LogP contribution in [0.5, 0.6) is 0 Å². The third kappa shape index (κ3) is 4.10. The van der Waals surface area contributed by atoms with Crippen LogP contribution >= 0.6 is 11.3 Å². The van der Waals surface area contributed by atoms with Crippen LogP contribution in [0, 0.1) is 6.92 Å². The number of carboxylic acids is 1. The third-order valence-corrected chi connectivity index (χ3v) is 3.59. The van der Waals surface area contributed by atoms with Crippen LogP contribution in [-0.2, 0) is 11.2 Å². The molecule has 1 unspecified atom stereocenters. The number of rotatable bonds is 6. The molecule has 1 aromatic rings. The number of aryl methyl sites for hydroxylation is 2. The van der Waals surface area contributed by atoms with Crippen molar-refractivity contribution in [2.45, 2.75) is 46.1 Å². The summed E-state index contributed by atoms with van der Waals surface area (Å²) in [5.74, 6) is -1.16. The fourth-order valence-corrected chi connectivity index (χ4v) is 2.66. The van der Waals surface area contributed by atoms with Crippen LogP contribution in [0.2, 0.25) is 0 Å². The molecule has 0 spiro atoms. The zero-order chi connectivity index (χ0) is 13.7. The molecule has 18 heavy (non-hydrogen) atoms. The minimum atomic E-state index is -0.921. The molecule has 1 aromatic heterocycles. The van der Waals surface area contributed by atoms with Crippen molar-refractivity contribution in [2.75, 3.05) is 0 Å². The molecular formula is C12H18N2O3S. The second kappa shape index (κ2) is 6.49. The summed E-state index contributed by atoms with van der Waals surface area (Å²) in [4.78, 5) is 27.4. The lowest BCUT2D eigenvalue weighted by Gasteiger charge is -2.10. The average Bonchev–Trinajstić information content (AvgIpc) is 2.58. The number of hydrogen-bond acceptors (Lipinski definition) is 4. The van der Waals surface area contributed by atoms with Gasteiger partial charge in [-0.05, 0) is 26.7 Å². The van der Waals surface area contributed by atoms with E-state index in [0.717, 1.165) is 17.8 Å². The molecule has 0 saturated carbocycles. The summed E-state index contributed by atoms with van der Waals surface area (Å²) >= 11 is 1.38. The van der Waals surface area contributed by atoms with E-state index in [4.69, 9.17) is 5.11 Å². The average molecular weight is 270 g/mol. The van der Waals surface area contributed by atoms with Gasteiger partial charge in [0.15, 0.2) is 0 Å². The predicted molar refractivity (Wildman–Crippen MR) is 70.0 cm³/mol. The minimum Gasteiger partial charge on any atom is -0.481 e. The highest BCUT2D eigenvalue weighted by Crippen LogP contribution is 2.19. The van der Waals surface area contributed by atoms with Crippen molar-refractivity contribution in [1.29, 1.82) is 0 Å². The molecule has 0 saturated heterocycles. The first-order valence-electron chi connectivity index (χ1n) is 5.93. The van der Waals surface area contributed by atoms with Gasteiger partial charge in [-0.25, -0.2) is 4.98 Å². The van der Waals surface area contributed by atoms with E-state index >= 15 is 0 Å². The molecule has 1 heterocycles. The molecule has 5 nitrogen and oxygen atoms in total. The molecular weight excluding hydrogens is 252 g/mol. The van der Waals surface area contributed by atoms with Crippen LogP contribution in [0.1, 0.15) is 47.1 Å². The maximum absolute atomic E-state index is 11.9. The Kier molecular flexibility index (Phi) is 5.27. The second-order valence-electron chi connectivity index (χ2n) is 4.24. The largest absolute Gasteiger partial charge is 0.481 e. The first-order valence-corrected chi connectivity index (χ1v) is 6.74. The van der Waals surface area contributed by atoms with E-state index in [1.165, 1.54) is 11.3 Å². The number of carbonyl (C=O) groups is 2. The highest BCUT2D eigenvalue weighted by atomic mass is 32.1. The van der Waals surface area contributed by atoms with Crippen molar-refractivity contribution in [3.63, 3.8) is 0 Å². The Morgan fingerprint density at radius 3 is 2.72 bits per heavy atom. The molecule has 0 aromatic carbocycles. The van der Waals surface area contributed by atoms with Crippen LogP contribution in [0.3, 0.4) is 0 Å². The number of carboxylic acid groups (broad SMARTS) is 1. The lowest BCUT2D eigenvalue weighted by molar-refractivity contribution is -0.137. The topological polar surface area (TPSA) is 79.3 Å². The molecule has 100 valence electrons. The van der Waals surface area contributed by atoms with E-state index in [2.05, 4.69) is 17.2 Å². The second-order valence-corrected chi connectivity index (χ2v) is 5.33. The van der Waals surface area contributed by atoms with Gasteiger partial charge in [0.25, 0.3) is 5.91 Å². The van der Waals surface area contributed by atoms with E-state index in [9.17, 15) is 9.59 Å². The van der Waals surface area contributed by atoms with Gasteiger partial charge < -0.3 is 10.4 Å². The van der Waals surface area contributed by atoms with Crippen molar-refractivity contribution in [3.05, 3.63) is 15.6 Å². The summed E-state index contributed by atoms with van der Waals surface area (Å²) in [5, 5.41) is 12.3. The van der Waals surface area contributed by atoms with Crippen molar-refractivity contribution in [3.8, 4) is 0 Å². The fraction of sp³-hybridized carbons (Fsp3) is 0.583. The standard InChI is InChI=1S/C12H18N2O3S/c1-4-5-9-14-8(3)11(18-9)12(17)13-7(2)6-10(15)16/h7H,4-6H2,1-3H3,(H,13,17)(H,15,16). The molecule has 0 bridgehead atoms. The molecule has 0 fully saturated rings. The van der Waals surface area contributed by atoms with Gasteiger partial charge in [0.1, 0.15) is 4.88 Å². The SMILES string of the molecule is CCCc1nc(C)c(C(=O)NC(C)CC(=O)O)s1. The first kappa shape index (κ1) is 14.6. The molecule has 0 radical (unpaired) electrons. The van der Waals surface area contributed by atoms with Crippen molar-refractivity contribution in [2.24, 2.45) is 0 Å². The number of thiazole rings is 1. The molecule has 0 aliphatic rings. The number of nitrogens with zero attached hydrogens (tertiary/aromatic N) is 1. The van der Waals surface area contributed by atoms with Crippen LogP contribution in [0.15, 0.2) is 0 Å². The zero-order valence-electron chi connectivity index (χ0n) is 10.8. The van der Waals surface area contributed by atoms with Crippen LogP contribution in [0.25, 0.3) is 0 Å². The van der Waals surface area contributed by atoms with Crippen molar-refractivity contribution in [1.82, 2.24) is 10.3 Å². The normalized spacial score (nSPS) is 12.2. The number of nitrogens with one attached hydrogen (secondary N) is 1. The molecule has 6 heteroatoms. The molecule has 0 aliphatic heterocycles. The Morgan fingerprint density at radius 1 is 1.50 bits per heavy atom. The molecule has 2 N–H and O–H groups in total. The summed E-state index contributed by atoms with van der Waals surface area (Å²) in [6, 6.07) is -0.383. The molecule has 1 atom stereocenters. The Balaban J connectivity index is 2.68. The number of carbonyl (C=O) groups excluding carboxylic acids is 1. The van der Waals surface area contributed by atoms with Gasteiger partial charge in [0.2, 0.25) is 0 Å². The van der Waals surface area contributed by atoms with E-state index in [-0.39, 0.29) is 18.4 Å². The van der Waals surface area contributed by atoms with Gasteiger partial charge >= 0.3 is 5.97 Å². The smallest absolute Gasteiger partial charge is 0.305 e. The third-order valence-electron chi connectivity index (χ3n) is 2.37. The highest BCUT2D eigenvalue weighted by molar-refractivity contribution is 7.13. The number of hydrogen-bond donors (Lipinski definition) is 2. The highest BCUT2D eigenvalue weighted by Gasteiger charge is 2.17. The Labute approximate surface area is 110 Å².